The highest BCUT2D eigenvalue weighted by molar-refractivity contribution is 6.01. The molecule has 0 aliphatic heterocycles. The van der Waals surface area contributed by atoms with Crippen LogP contribution in [0.15, 0.2) is 71.0 Å². The third-order valence-electron chi connectivity index (χ3n) is 5.01. The lowest BCUT2D eigenvalue weighted by Crippen LogP contribution is -2.20. The Morgan fingerprint density at radius 3 is 2.52 bits per heavy atom. The molecule has 0 amide bonds. The fourth-order valence-electron chi connectivity index (χ4n) is 3.40. The molecule has 0 saturated heterocycles. The van der Waals surface area contributed by atoms with Gasteiger partial charge in [0, 0.05) is 0 Å². The van der Waals surface area contributed by atoms with Crippen molar-refractivity contribution in [1.29, 1.82) is 0 Å². The monoisotopic (exact) mass is 448 g/mol. The Kier molecular flexibility index (Phi) is 6.25. The van der Waals surface area contributed by atoms with Crippen molar-refractivity contribution in [2.24, 2.45) is 4.99 Å². The molecule has 0 unspecified atom stereocenters. The van der Waals surface area contributed by atoms with Crippen molar-refractivity contribution in [1.82, 2.24) is 24.5 Å². The summed E-state index contributed by atoms with van der Waals surface area (Å²) in [6.07, 6.45) is 2.97. The Hall–Kier alpha value is -4.34. The lowest BCUT2D eigenvalue weighted by Gasteiger charge is -2.04. The SMILES string of the molecule is COC(=O)Cc1[nH]n(-c2ccc(F)cc2)c(=O)c1C(C)=Nc1ccc(Cn2cncn2)cc1. The summed E-state index contributed by atoms with van der Waals surface area (Å²) in [6, 6.07) is 12.9. The number of hydrogen-bond donors (Lipinski definition) is 1. The first-order valence-corrected chi connectivity index (χ1v) is 10.1. The van der Waals surface area contributed by atoms with E-state index in [4.69, 9.17) is 4.74 Å². The lowest BCUT2D eigenvalue weighted by atomic mass is 10.1. The molecule has 0 aliphatic rings. The largest absolute Gasteiger partial charge is 0.469 e. The van der Waals surface area contributed by atoms with E-state index >= 15 is 0 Å². The van der Waals surface area contributed by atoms with Gasteiger partial charge in [0.25, 0.3) is 5.56 Å². The predicted octanol–water partition coefficient (Wildman–Crippen LogP) is 2.80. The van der Waals surface area contributed by atoms with Crippen molar-refractivity contribution in [2.45, 2.75) is 19.9 Å². The van der Waals surface area contributed by atoms with E-state index in [1.54, 1.807) is 17.9 Å². The minimum Gasteiger partial charge on any atom is -0.469 e. The van der Waals surface area contributed by atoms with Crippen LogP contribution in [0, 0.1) is 5.82 Å². The van der Waals surface area contributed by atoms with Gasteiger partial charge in [0.1, 0.15) is 18.5 Å². The molecule has 0 bridgehead atoms. The molecule has 4 rings (SSSR count). The topological polar surface area (TPSA) is 107 Å². The standard InChI is InChI=1S/C23H21FN6O3/c1-15(27-18-7-3-16(4-8-18)12-29-14-25-13-26-29)22-20(11-21(31)33-2)28-30(23(22)32)19-9-5-17(24)6-10-19/h3-10,13-14,28H,11-12H2,1-2H3. The van der Waals surface area contributed by atoms with Crippen molar-refractivity contribution in [3.05, 3.63) is 94.2 Å². The molecule has 2 aromatic heterocycles. The van der Waals surface area contributed by atoms with Crippen LogP contribution in [-0.2, 0) is 22.5 Å². The third-order valence-corrected chi connectivity index (χ3v) is 5.01. The smallest absolute Gasteiger partial charge is 0.311 e. The molecule has 168 valence electrons. The van der Waals surface area contributed by atoms with Gasteiger partial charge < -0.3 is 4.74 Å². The minimum absolute atomic E-state index is 0.140. The van der Waals surface area contributed by atoms with Gasteiger partial charge in [-0.3, -0.25) is 19.7 Å². The Balaban J connectivity index is 1.68. The summed E-state index contributed by atoms with van der Waals surface area (Å²) in [5.41, 5.74) is 2.75. The summed E-state index contributed by atoms with van der Waals surface area (Å²) in [4.78, 5) is 33.6. The highest BCUT2D eigenvalue weighted by Gasteiger charge is 2.20. The number of carbonyl (C=O) groups is 1. The number of benzene rings is 2. The van der Waals surface area contributed by atoms with Gasteiger partial charge in [0.2, 0.25) is 0 Å². The number of aromatic nitrogens is 5. The third kappa shape index (κ3) is 4.95. The quantitative estimate of drug-likeness (QED) is 0.346. The fourth-order valence-corrected chi connectivity index (χ4v) is 3.40. The molecule has 0 saturated carbocycles. The molecule has 0 spiro atoms. The zero-order valence-electron chi connectivity index (χ0n) is 18.0. The number of aliphatic imine (C=N–C) groups is 1. The van der Waals surface area contributed by atoms with E-state index in [0.29, 0.717) is 29.3 Å². The number of H-pyrrole nitrogens is 1. The van der Waals surface area contributed by atoms with Gasteiger partial charge >= 0.3 is 5.97 Å². The normalized spacial score (nSPS) is 11.5. The molecule has 2 aromatic carbocycles. The number of nitrogens with one attached hydrogen (secondary N) is 1. The molecular formula is C23H21FN6O3. The lowest BCUT2D eigenvalue weighted by molar-refractivity contribution is -0.139. The first-order valence-electron chi connectivity index (χ1n) is 10.1. The Labute approximate surface area is 188 Å². The summed E-state index contributed by atoms with van der Waals surface area (Å²) < 4.78 is 21.1. The first-order chi connectivity index (χ1) is 15.9. The number of ether oxygens (including phenoxy) is 1. The van der Waals surface area contributed by atoms with Crippen molar-refractivity contribution in [2.75, 3.05) is 7.11 Å². The number of halogens is 1. The van der Waals surface area contributed by atoms with E-state index in [9.17, 15) is 14.0 Å². The van der Waals surface area contributed by atoms with Crippen LogP contribution in [0.5, 0.6) is 0 Å². The van der Waals surface area contributed by atoms with Gasteiger partial charge in [-0.05, 0) is 48.9 Å². The molecule has 33 heavy (non-hydrogen) atoms. The van der Waals surface area contributed by atoms with Crippen molar-refractivity contribution >= 4 is 17.4 Å². The molecule has 2 heterocycles. The predicted molar refractivity (Wildman–Crippen MR) is 120 cm³/mol. The Morgan fingerprint density at radius 1 is 1.15 bits per heavy atom. The molecule has 0 radical (unpaired) electrons. The van der Waals surface area contributed by atoms with Crippen LogP contribution < -0.4 is 5.56 Å². The highest BCUT2D eigenvalue weighted by Crippen LogP contribution is 2.17. The van der Waals surface area contributed by atoms with E-state index in [-0.39, 0.29) is 12.0 Å². The molecule has 0 atom stereocenters. The average Bonchev–Trinajstić information content (AvgIpc) is 3.43. The van der Waals surface area contributed by atoms with E-state index in [2.05, 4.69) is 20.2 Å². The van der Waals surface area contributed by atoms with Crippen molar-refractivity contribution < 1.29 is 13.9 Å². The molecule has 1 N–H and O–H groups in total. The number of hydrogen-bond acceptors (Lipinski definition) is 6. The summed E-state index contributed by atoms with van der Waals surface area (Å²) in [5, 5.41) is 7.02. The van der Waals surface area contributed by atoms with Crippen molar-refractivity contribution in [3.8, 4) is 5.69 Å². The maximum atomic E-state index is 13.3. The summed E-state index contributed by atoms with van der Waals surface area (Å²) in [7, 11) is 1.28. The molecule has 0 aliphatic carbocycles. The number of esters is 1. The summed E-state index contributed by atoms with van der Waals surface area (Å²) in [5.74, 6) is -0.924. The second-order valence-electron chi connectivity index (χ2n) is 7.29. The average molecular weight is 448 g/mol. The molecule has 10 heteroatoms. The van der Waals surface area contributed by atoms with E-state index in [1.165, 1.54) is 42.4 Å². The summed E-state index contributed by atoms with van der Waals surface area (Å²) >= 11 is 0. The van der Waals surface area contributed by atoms with Crippen molar-refractivity contribution in [3.63, 3.8) is 0 Å². The van der Waals surface area contributed by atoms with Crippen LogP contribution in [0.1, 0.15) is 23.7 Å². The Morgan fingerprint density at radius 2 is 1.88 bits per heavy atom. The van der Waals surface area contributed by atoms with E-state index < -0.39 is 17.3 Å². The van der Waals surface area contributed by atoms with Crippen LogP contribution in [0.3, 0.4) is 0 Å². The fraction of sp³-hybridized carbons (Fsp3) is 0.174. The highest BCUT2D eigenvalue weighted by atomic mass is 19.1. The Bertz CT molecular complexity index is 1340. The van der Waals surface area contributed by atoms with Crippen LogP contribution in [0.4, 0.5) is 10.1 Å². The number of rotatable bonds is 7. The number of aromatic amines is 1. The van der Waals surface area contributed by atoms with Crippen LogP contribution in [0.2, 0.25) is 0 Å². The van der Waals surface area contributed by atoms with Gasteiger partial charge in [-0.25, -0.2) is 18.7 Å². The van der Waals surface area contributed by atoms with Gasteiger partial charge in [-0.1, -0.05) is 12.1 Å². The van der Waals surface area contributed by atoms with Gasteiger partial charge in [-0.2, -0.15) is 5.10 Å². The minimum atomic E-state index is -0.506. The second kappa shape index (κ2) is 9.43. The molecule has 4 aromatic rings. The van der Waals surface area contributed by atoms with E-state index in [0.717, 1.165) is 5.56 Å². The van der Waals surface area contributed by atoms with Gasteiger partial charge in [0.05, 0.1) is 48.4 Å². The zero-order valence-corrected chi connectivity index (χ0v) is 18.0. The van der Waals surface area contributed by atoms with Gasteiger partial charge in [-0.15, -0.1) is 0 Å². The molecule has 9 nitrogen and oxygen atoms in total. The van der Waals surface area contributed by atoms with Crippen LogP contribution in [0.25, 0.3) is 5.69 Å². The second-order valence-corrected chi connectivity index (χ2v) is 7.29. The van der Waals surface area contributed by atoms with Gasteiger partial charge in [0.15, 0.2) is 0 Å². The zero-order chi connectivity index (χ0) is 23.4. The maximum Gasteiger partial charge on any atom is 0.311 e. The maximum absolute atomic E-state index is 13.3. The van der Waals surface area contributed by atoms with Crippen LogP contribution >= 0.6 is 0 Å². The van der Waals surface area contributed by atoms with Crippen LogP contribution in [-0.4, -0.2) is 43.3 Å². The first kappa shape index (κ1) is 21.9. The molecular weight excluding hydrogens is 427 g/mol. The molecule has 0 fully saturated rings. The van der Waals surface area contributed by atoms with E-state index in [1.807, 2.05) is 24.3 Å². The number of methoxy groups -OCH3 is 1. The number of carbonyl (C=O) groups excluding carboxylic acids is 1. The number of nitrogens with zero attached hydrogens (tertiary/aromatic N) is 5. The summed E-state index contributed by atoms with van der Waals surface area (Å²) in [6.45, 7) is 2.27.